The van der Waals surface area contributed by atoms with Crippen LogP contribution < -0.4 is 0 Å². The summed E-state index contributed by atoms with van der Waals surface area (Å²) in [4.78, 5) is 26.1. The van der Waals surface area contributed by atoms with Crippen molar-refractivity contribution in [1.82, 2.24) is 4.90 Å². The van der Waals surface area contributed by atoms with Gasteiger partial charge in [0.25, 0.3) is 0 Å². The van der Waals surface area contributed by atoms with Crippen LogP contribution >= 0.6 is 0 Å². The van der Waals surface area contributed by atoms with Gasteiger partial charge in [0.05, 0.1) is 30.3 Å². The number of rotatable bonds is 5. The van der Waals surface area contributed by atoms with Crippen molar-refractivity contribution < 1.29 is 22.7 Å². The normalized spacial score (nSPS) is 25.2. The molecule has 2 unspecified atom stereocenters. The van der Waals surface area contributed by atoms with Crippen LogP contribution in [-0.2, 0) is 19.4 Å². The summed E-state index contributed by atoms with van der Waals surface area (Å²) in [6.45, 7) is 0.785. The first-order chi connectivity index (χ1) is 11.5. The molecule has 0 saturated carbocycles. The van der Waals surface area contributed by atoms with Crippen LogP contribution in [0.2, 0.25) is 0 Å². The molecule has 2 fully saturated rings. The lowest BCUT2D eigenvalue weighted by molar-refractivity contribution is -0.142. The number of nitrogens with zero attached hydrogens (tertiary/aromatic N) is 1. The van der Waals surface area contributed by atoms with E-state index in [0.29, 0.717) is 31.6 Å². The van der Waals surface area contributed by atoms with Gasteiger partial charge in [0.15, 0.2) is 15.6 Å². The Labute approximate surface area is 141 Å². The maximum atomic E-state index is 12.4. The zero-order chi connectivity index (χ0) is 17.2. The summed E-state index contributed by atoms with van der Waals surface area (Å²) in [5.41, 5.74) is 0.651. The molecule has 0 bridgehead atoms. The van der Waals surface area contributed by atoms with E-state index in [-0.39, 0.29) is 35.7 Å². The molecule has 24 heavy (non-hydrogen) atoms. The number of Topliss-reactive ketones (excluding diaryl/α,β-unsaturated/α-hetero) is 1. The summed E-state index contributed by atoms with van der Waals surface area (Å²) in [7, 11) is -3.14. The number of fused-ring (bicyclic) bond motifs is 1. The fraction of sp³-hybridized carbons (Fsp3) is 0.529. The topological polar surface area (TPSA) is 80.8 Å². The van der Waals surface area contributed by atoms with E-state index in [0.717, 1.165) is 0 Å². The van der Waals surface area contributed by atoms with Gasteiger partial charge in [-0.25, -0.2) is 8.42 Å². The van der Waals surface area contributed by atoms with E-state index in [1.807, 2.05) is 18.2 Å². The molecule has 2 aliphatic heterocycles. The zero-order valence-electron chi connectivity index (χ0n) is 13.4. The minimum Gasteiger partial charge on any atom is -0.373 e. The molecule has 0 aliphatic carbocycles. The molecule has 2 heterocycles. The maximum absolute atomic E-state index is 12.4. The lowest BCUT2D eigenvalue weighted by atomic mass is 10.0. The Morgan fingerprint density at radius 2 is 1.88 bits per heavy atom. The average molecular weight is 351 g/mol. The summed E-state index contributed by atoms with van der Waals surface area (Å²) in [6.07, 6.45) is 0.626. The summed E-state index contributed by atoms with van der Waals surface area (Å²) in [6, 6.07) is 8.63. The van der Waals surface area contributed by atoms with Gasteiger partial charge in [-0.05, 0) is 6.42 Å². The average Bonchev–Trinajstić information content (AvgIpc) is 2.89. The molecule has 0 spiro atoms. The summed E-state index contributed by atoms with van der Waals surface area (Å²) < 4.78 is 29.0. The van der Waals surface area contributed by atoms with Crippen molar-refractivity contribution in [2.24, 2.45) is 0 Å². The molecular formula is C17H21NO5S. The van der Waals surface area contributed by atoms with Crippen LogP contribution in [0, 0.1) is 0 Å². The number of carbonyl (C=O) groups is 2. The highest BCUT2D eigenvalue weighted by Crippen LogP contribution is 2.25. The van der Waals surface area contributed by atoms with Crippen LogP contribution in [0.1, 0.15) is 29.6 Å². The third-order valence-electron chi connectivity index (χ3n) is 4.55. The van der Waals surface area contributed by atoms with Gasteiger partial charge in [-0.3, -0.25) is 9.59 Å². The van der Waals surface area contributed by atoms with E-state index in [1.54, 1.807) is 17.0 Å². The van der Waals surface area contributed by atoms with Crippen molar-refractivity contribution in [2.45, 2.75) is 31.4 Å². The Balaban J connectivity index is 1.52. The molecule has 6 nitrogen and oxygen atoms in total. The van der Waals surface area contributed by atoms with Gasteiger partial charge < -0.3 is 9.64 Å². The monoisotopic (exact) mass is 351 g/mol. The molecule has 3 rings (SSSR count). The lowest BCUT2D eigenvalue weighted by Crippen LogP contribution is -2.53. The molecule has 7 heteroatoms. The van der Waals surface area contributed by atoms with E-state index >= 15 is 0 Å². The number of ketones is 1. The van der Waals surface area contributed by atoms with Gasteiger partial charge in [0, 0.05) is 24.9 Å². The van der Waals surface area contributed by atoms with Crippen LogP contribution in [0.25, 0.3) is 0 Å². The smallest absolute Gasteiger partial charge is 0.223 e. The molecule has 130 valence electrons. The predicted molar refractivity (Wildman–Crippen MR) is 88.5 cm³/mol. The standard InChI is InChI=1S/C17H21NO5S/c19-15(13-5-2-1-3-6-13)7-4-8-17(20)18-9-10-23-16-12-24(21,22)11-14(16)18/h1-3,5-6,14,16H,4,7-12H2. The van der Waals surface area contributed by atoms with Crippen molar-refractivity contribution in [3.8, 4) is 0 Å². The van der Waals surface area contributed by atoms with Gasteiger partial charge in [0.2, 0.25) is 5.91 Å². The van der Waals surface area contributed by atoms with E-state index in [9.17, 15) is 18.0 Å². The number of morpholine rings is 1. The van der Waals surface area contributed by atoms with E-state index in [1.165, 1.54) is 0 Å². The molecule has 1 amide bonds. The molecule has 2 saturated heterocycles. The van der Waals surface area contributed by atoms with E-state index in [2.05, 4.69) is 0 Å². The number of ether oxygens (including phenoxy) is 1. The van der Waals surface area contributed by atoms with Crippen molar-refractivity contribution >= 4 is 21.5 Å². The summed E-state index contributed by atoms with van der Waals surface area (Å²) >= 11 is 0. The largest absolute Gasteiger partial charge is 0.373 e. The molecule has 0 aromatic heterocycles. The van der Waals surface area contributed by atoms with E-state index < -0.39 is 15.9 Å². The van der Waals surface area contributed by atoms with Gasteiger partial charge >= 0.3 is 0 Å². The molecular weight excluding hydrogens is 330 g/mol. The minimum absolute atomic E-state index is 0.00601. The quantitative estimate of drug-likeness (QED) is 0.741. The second-order valence-corrected chi connectivity index (χ2v) is 8.44. The zero-order valence-corrected chi connectivity index (χ0v) is 14.2. The number of hydrogen-bond acceptors (Lipinski definition) is 5. The van der Waals surface area contributed by atoms with Gasteiger partial charge in [-0.2, -0.15) is 0 Å². The Morgan fingerprint density at radius 1 is 1.12 bits per heavy atom. The van der Waals surface area contributed by atoms with Crippen LogP contribution in [0.4, 0.5) is 0 Å². The van der Waals surface area contributed by atoms with Gasteiger partial charge in [-0.1, -0.05) is 30.3 Å². The molecule has 2 aliphatic rings. The van der Waals surface area contributed by atoms with Gasteiger partial charge in [0.1, 0.15) is 0 Å². The molecule has 1 aromatic carbocycles. The SMILES string of the molecule is O=C(CCCC(=O)N1CCOC2CS(=O)(=O)CC21)c1ccccc1. The summed E-state index contributed by atoms with van der Waals surface area (Å²) in [5, 5.41) is 0. The minimum atomic E-state index is -3.14. The third kappa shape index (κ3) is 3.84. The lowest BCUT2D eigenvalue weighted by Gasteiger charge is -2.36. The highest BCUT2D eigenvalue weighted by Gasteiger charge is 2.45. The van der Waals surface area contributed by atoms with E-state index in [4.69, 9.17) is 4.74 Å². The Hall–Kier alpha value is -1.73. The second kappa shape index (κ2) is 7.03. The fourth-order valence-corrected chi connectivity index (χ4v) is 5.21. The number of benzene rings is 1. The Morgan fingerprint density at radius 3 is 2.62 bits per heavy atom. The van der Waals surface area contributed by atoms with Crippen LogP contribution in [0.15, 0.2) is 30.3 Å². The van der Waals surface area contributed by atoms with Crippen LogP contribution in [0.5, 0.6) is 0 Å². The van der Waals surface area contributed by atoms with Crippen LogP contribution in [0.3, 0.4) is 0 Å². The highest BCUT2D eigenvalue weighted by atomic mass is 32.2. The first-order valence-electron chi connectivity index (χ1n) is 8.16. The number of hydrogen-bond donors (Lipinski definition) is 0. The van der Waals surface area contributed by atoms with Crippen molar-refractivity contribution in [2.75, 3.05) is 24.7 Å². The second-order valence-electron chi connectivity index (χ2n) is 6.28. The molecule has 0 N–H and O–H groups in total. The third-order valence-corrected chi connectivity index (χ3v) is 6.23. The Kier molecular flexibility index (Phi) is 5.01. The first-order valence-corrected chi connectivity index (χ1v) is 9.98. The van der Waals surface area contributed by atoms with Gasteiger partial charge in [-0.15, -0.1) is 0 Å². The van der Waals surface area contributed by atoms with Crippen molar-refractivity contribution in [1.29, 1.82) is 0 Å². The Bertz CT molecular complexity index is 716. The van der Waals surface area contributed by atoms with Crippen molar-refractivity contribution in [3.05, 3.63) is 35.9 Å². The predicted octanol–water partition coefficient (Wildman–Crippen LogP) is 1.06. The van der Waals surface area contributed by atoms with Crippen LogP contribution in [-0.4, -0.2) is 61.8 Å². The highest BCUT2D eigenvalue weighted by molar-refractivity contribution is 7.91. The number of amides is 1. The maximum Gasteiger partial charge on any atom is 0.223 e. The molecule has 2 atom stereocenters. The molecule has 1 aromatic rings. The fourth-order valence-electron chi connectivity index (χ4n) is 3.34. The molecule has 0 radical (unpaired) electrons. The first kappa shape index (κ1) is 17.1. The van der Waals surface area contributed by atoms with Crippen molar-refractivity contribution in [3.63, 3.8) is 0 Å². The number of sulfone groups is 1. The summed E-state index contributed by atoms with van der Waals surface area (Å²) in [5.74, 6) is -0.0988. The number of carbonyl (C=O) groups excluding carboxylic acids is 2.